The first kappa shape index (κ1) is 22.6. The summed E-state index contributed by atoms with van der Waals surface area (Å²) in [5, 5.41) is 46.9. The van der Waals surface area contributed by atoms with Crippen LogP contribution in [0.15, 0.2) is 35.8 Å². The summed E-state index contributed by atoms with van der Waals surface area (Å²) in [6.45, 7) is 0.617. The number of nitrogens with one attached hydrogen (secondary N) is 1. The van der Waals surface area contributed by atoms with Crippen molar-refractivity contribution in [2.45, 2.75) is 67.8 Å². The molecule has 170 valence electrons. The van der Waals surface area contributed by atoms with E-state index >= 15 is 0 Å². The van der Waals surface area contributed by atoms with Gasteiger partial charge in [0.25, 0.3) is 0 Å². The molecule has 0 amide bonds. The van der Waals surface area contributed by atoms with Gasteiger partial charge in [0.2, 0.25) is 5.91 Å². The van der Waals surface area contributed by atoms with Crippen LogP contribution in [0, 0.1) is 0 Å². The maximum absolute atomic E-state index is 10.9. The van der Waals surface area contributed by atoms with Gasteiger partial charge in [-0.3, -0.25) is 10.3 Å². The van der Waals surface area contributed by atoms with Gasteiger partial charge in [-0.25, -0.2) is 0 Å². The van der Waals surface area contributed by atoms with Gasteiger partial charge in [-0.05, 0) is 42.8 Å². The van der Waals surface area contributed by atoms with Crippen molar-refractivity contribution in [3.05, 3.63) is 46.4 Å². The van der Waals surface area contributed by atoms with Gasteiger partial charge in [0, 0.05) is 49.7 Å². The number of rotatable bonds is 7. The van der Waals surface area contributed by atoms with E-state index in [2.05, 4.69) is 10.3 Å². The maximum Gasteiger partial charge on any atom is 0.223 e. The minimum Gasteiger partial charge on any atom is -0.496 e. The Morgan fingerprint density at radius 3 is 2.71 bits per heavy atom. The number of pyridine rings is 1. The predicted molar refractivity (Wildman–Crippen MR) is 114 cm³/mol. The third kappa shape index (κ3) is 4.93. The van der Waals surface area contributed by atoms with Crippen molar-refractivity contribution in [3.8, 4) is 5.75 Å². The average Bonchev–Trinajstić information content (AvgIpc) is 3.30. The van der Waals surface area contributed by atoms with E-state index in [1.54, 1.807) is 13.3 Å². The fourth-order valence-electron chi connectivity index (χ4n) is 5.15. The van der Waals surface area contributed by atoms with E-state index in [0.717, 1.165) is 10.6 Å². The number of nitrogens with zero attached hydrogens (tertiary/aromatic N) is 1. The molecule has 2 aromatic rings. The molecule has 8 nitrogen and oxygen atoms in total. The smallest absolute Gasteiger partial charge is 0.223 e. The van der Waals surface area contributed by atoms with Crippen molar-refractivity contribution in [1.29, 1.82) is 0 Å². The van der Waals surface area contributed by atoms with Crippen LogP contribution >= 0.6 is 11.3 Å². The molecule has 0 aromatic carbocycles. The number of thiophene rings is 1. The van der Waals surface area contributed by atoms with E-state index in [9.17, 15) is 20.4 Å². The second kappa shape index (κ2) is 8.40. The van der Waals surface area contributed by atoms with Gasteiger partial charge in [0.15, 0.2) is 5.79 Å². The highest BCUT2D eigenvalue weighted by atomic mass is 32.1. The molecule has 31 heavy (non-hydrogen) atoms. The van der Waals surface area contributed by atoms with Crippen molar-refractivity contribution < 1.29 is 29.9 Å². The Labute approximate surface area is 185 Å². The fraction of sp³-hybridized carbons (Fsp3) is 0.591. The zero-order valence-corrected chi connectivity index (χ0v) is 18.4. The molecular weight excluding hydrogens is 420 g/mol. The predicted octanol–water partition coefficient (Wildman–Crippen LogP) is 1.62. The summed E-state index contributed by atoms with van der Waals surface area (Å²) in [6.07, 6.45) is 3.47. The molecule has 1 aliphatic carbocycles. The van der Waals surface area contributed by atoms with Crippen molar-refractivity contribution >= 4 is 11.3 Å². The van der Waals surface area contributed by atoms with Crippen LogP contribution in [0.1, 0.15) is 49.1 Å². The van der Waals surface area contributed by atoms with Gasteiger partial charge in [0.1, 0.15) is 5.75 Å². The largest absolute Gasteiger partial charge is 0.496 e. The zero-order chi connectivity index (χ0) is 22.2. The normalized spacial score (nSPS) is 28.2. The molecule has 1 spiro atoms. The number of aromatic nitrogens is 1. The second-order valence-corrected chi connectivity index (χ2v) is 9.87. The molecule has 0 bridgehead atoms. The molecule has 1 aliphatic heterocycles. The molecule has 4 rings (SSSR count). The van der Waals surface area contributed by atoms with Gasteiger partial charge in [-0.15, -0.1) is 11.3 Å². The second-order valence-electron chi connectivity index (χ2n) is 8.87. The average molecular weight is 451 g/mol. The Morgan fingerprint density at radius 2 is 2.03 bits per heavy atom. The van der Waals surface area contributed by atoms with Crippen LogP contribution < -0.4 is 10.1 Å². The maximum atomic E-state index is 10.9. The van der Waals surface area contributed by atoms with Gasteiger partial charge >= 0.3 is 0 Å². The lowest BCUT2D eigenvalue weighted by atomic mass is 9.67. The third-order valence-corrected chi connectivity index (χ3v) is 7.39. The fourth-order valence-corrected chi connectivity index (χ4v) is 5.93. The zero-order valence-electron chi connectivity index (χ0n) is 17.6. The summed E-state index contributed by atoms with van der Waals surface area (Å²) < 4.78 is 11.4. The van der Waals surface area contributed by atoms with E-state index < -0.39 is 22.7 Å². The van der Waals surface area contributed by atoms with Gasteiger partial charge in [0.05, 0.1) is 17.6 Å². The Kier molecular flexibility index (Phi) is 6.12. The molecule has 2 atom stereocenters. The molecule has 2 fully saturated rings. The van der Waals surface area contributed by atoms with E-state index in [1.807, 2.05) is 29.6 Å². The van der Waals surface area contributed by atoms with Crippen LogP contribution in [0.5, 0.6) is 5.75 Å². The SMILES string of the molecule is COc1ccsc1CNC(O)(O)C[C@@]1(c2ccccn2)CCOC2(CCC(O)(O)C2)C1. The van der Waals surface area contributed by atoms with E-state index in [-0.39, 0.29) is 25.8 Å². The first-order valence-corrected chi connectivity index (χ1v) is 11.4. The van der Waals surface area contributed by atoms with E-state index in [1.165, 1.54) is 11.3 Å². The van der Waals surface area contributed by atoms with Gasteiger partial charge < -0.3 is 29.9 Å². The van der Waals surface area contributed by atoms with Gasteiger partial charge in [-0.2, -0.15) is 0 Å². The van der Waals surface area contributed by atoms with Crippen molar-refractivity contribution in [2.24, 2.45) is 0 Å². The highest BCUT2D eigenvalue weighted by Crippen LogP contribution is 2.52. The molecule has 9 heteroatoms. The molecule has 3 heterocycles. The molecule has 5 N–H and O–H groups in total. The molecule has 2 aromatic heterocycles. The van der Waals surface area contributed by atoms with E-state index in [0.29, 0.717) is 31.6 Å². The number of methoxy groups -OCH3 is 1. The Hall–Kier alpha value is -1.59. The summed E-state index contributed by atoms with van der Waals surface area (Å²) in [5.74, 6) is -3.23. The quantitative estimate of drug-likeness (QED) is 0.403. The van der Waals surface area contributed by atoms with Crippen LogP contribution in [-0.4, -0.2) is 56.4 Å². The van der Waals surface area contributed by atoms with Crippen molar-refractivity contribution in [2.75, 3.05) is 13.7 Å². The molecule has 1 saturated heterocycles. The first-order chi connectivity index (χ1) is 14.7. The summed E-state index contributed by atoms with van der Waals surface area (Å²) >= 11 is 1.47. The molecule has 1 unspecified atom stereocenters. The first-order valence-electron chi connectivity index (χ1n) is 10.5. The minimum atomic E-state index is -2.17. The third-order valence-electron chi connectivity index (χ3n) is 6.49. The molecule has 0 radical (unpaired) electrons. The summed E-state index contributed by atoms with van der Waals surface area (Å²) in [6, 6.07) is 7.42. The van der Waals surface area contributed by atoms with Gasteiger partial charge in [-0.1, -0.05) is 6.07 Å². The topological polar surface area (TPSA) is 124 Å². The summed E-state index contributed by atoms with van der Waals surface area (Å²) in [5.41, 5.74) is -0.684. The minimum absolute atomic E-state index is 0.0142. The van der Waals surface area contributed by atoms with Crippen LogP contribution in [0.2, 0.25) is 0 Å². The number of hydrogen-bond acceptors (Lipinski definition) is 9. The Morgan fingerprint density at radius 1 is 1.19 bits per heavy atom. The summed E-state index contributed by atoms with van der Waals surface area (Å²) in [4.78, 5) is 5.41. The monoisotopic (exact) mass is 450 g/mol. The lowest BCUT2D eigenvalue weighted by Gasteiger charge is -2.48. The highest BCUT2D eigenvalue weighted by Gasteiger charge is 2.56. The molecule has 2 aliphatic rings. The highest BCUT2D eigenvalue weighted by molar-refractivity contribution is 7.10. The lowest BCUT2D eigenvalue weighted by Crippen LogP contribution is -2.55. The Balaban J connectivity index is 1.58. The van der Waals surface area contributed by atoms with Crippen LogP contribution in [0.25, 0.3) is 0 Å². The van der Waals surface area contributed by atoms with Crippen molar-refractivity contribution in [1.82, 2.24) is 10.3 Å². The number of hydrogen-bond donors (Lipinski definition) is 5. The standard InChI is InChI=1S/C22H30N2O6S/c1-29-16-5-11-31-17(16)12-24-22(27,28)14-19(18-4-2-3-9-23-18)8-10-30-20(13-19)6-7-21(25,26)15-20/h2-5,9,11,24-28H,6-8,10,12-15H2,1H3/t19-,20?/m1/s1. The van der Waals surface area contributed by atoms with Crippen LogP contribution in [0.4, 0.5) is 0 Å². The molecular formula is C22H30N2O6S. The van der Waals surface area contributed by atoms with E-state index in [4.69, 9.17) is 9.47 Å². The lowest BCUT2D eigenvalue weighted by molar-refractivity contribution is -0.219. The van der Waals surface area contributed by atoms with Crippen molar-refractivity contribution in [3.63, 3.8) is 0 Å². The van der Waals surface area contributed by atoms with Crippen LogP contribution in [0.3, 0.4) is 0 Å². The molecule has 1 saturated carbocycles. The summed E-state index contributed by atoms with van der Waals surface area (Å²) in [7, 11) is 1.58. The van der Waals surface area contributed by atoms with Crippen LogP contribution in [-0.2, 0) is 16.7 Å². The number of aliphatic hydroxyl groups is 4. The Bertz CT molecular complexity index is 889. The number of ether oxygens (including phenoxy) is 2.